The van der Waals surface area contributed by atoms with Gasteiger partial charge < -0.3 is 4.74 Å². The monoisotopic (exact) mass is 334 g/mol. The van der Waals surface area contributed by atoms with Crippen LogP contribution < -0.4 is 4.74 Å². The molecule has 0 heterocycles. The van der Waals surface area contributed by atoms with E-state index in [2.05, 4.69) is 56.0 Å². The molecule has 0 amide bonds. The molecule has 0 bridgehead atoms. The topological polar surface area (TPSA) is 9.23 Å². The Balaban J connectivity index is 1.53. The summed E-state index contributed by atoms with van der Waals surface area (Å²) in [5.41, 5.74) is 5.92. The Labute approximate surface area is 152 Å². The van der Waals surface area contributed by atoms with Crippen molar-refractivity contribution in [1.29, 1.82) is 0 Å². The van der Waals surface area contributed by atoms with E-state index < -0.39 is 0 Å². The molecule has 0 radical (unpaired) electrons. The molecule has 1 aliphatic rings. The van der Waals surface area contributed by atoms with Crippen LogP contribution in [0.15, 0.2) is 55.1 Å². The molecule has 25 heavy (non-hydrogen) atoms. The molecule has 3 rings (SSSR count). The number of benzene rings is 2. The molecule has 1 atom stereocenters. The van der Waals surface area contributed by atoms with Gasteiger partial charge in [0, 0.05) is 0 Å². The predicted octanol–water partition coefficient (Wildman–Crippen LogP) is 5.94. The Hall–Kier alpha value is -2.02. The average molecular weight is 335 g/mol. The fourth-order valence-corrected chi connectivity index (χ4v) is 3.72. The summed E-state index contributed by atoms with van der Waals surface area (Å²) in [7, 11) is 0. The molecule has 0 spiro atoms. The van der Waals surface area contributed by atoms with Crippen LogP contribution in [-0.2, 0) is 25.7 Å². The number of aryl methyl sites for hydroxylation is 3. The number of rotatable bonds is 8. The van der Waals surface area contributed by atoms with Crippen molar-refractivity contribution >= 4 is 0 Å². The van der Waals surface area contributed by atoms with Gasteiger partial charge in [-0.15, -0.1) is 6.58 Å². The van der Waals surface area contributed by atoms with E-state index in [4.69, 9.17) is 4.74 Å². The number of hydrogen-bond acceptors (Lipinski definition) is 1. The Morgan fingerprint density at radius 3 is 2.64 bits per heavy atom. The van der Waals surface area contributed by atoms with Crippen molar-refractivity contribution in [3.63, 3.8) is 0 Å². The summed E-state index contributed by atoms with van der Waals surface area (Å²) >= 11 is 0. The SMILES string of the molecule is C=CCCOc1ccc2c(c1)CCC(CCc1ccc(CC)cc1)C2. The highest BCUT2D eigenvalue weighted by molar-refractivity contribution is 5.37. The summed E-state index contributed by atoms with van der Waals surface area (Å²) in [4.78, 5) is 0. The summed E-state index contributed by atoms with van der Waals surface area (Å²) in [5.74, 6) is 1.82. The van der Waals surface area contributed by atoms with Crippen LogP contribution in [0, 0.1) is 5.92 Å². The van der Waals surface area contributed by atoms with E-state index in [-0.39, 0.29) is 0 Å². The highest BCUT2D eigenvalue weighted by atomic mass is 16.5. The average Bonchev–Trinajstić information content (AvgIpc) is 2.67. The maximum absolute atomic E-state index is 5.79. The molecule has 0 aromatic heterocycles. The summed E-state index contributed by atoms with van der Waals surface area (Å²) < 4.78 is 5.79. The highest BCUT2D eigenvalue weighted by Gasteiger charge is 2.19. The van der Waals surface area contributed by atoms with Crippen LogP contribution in [-0.4, -0.2) is 6.61 Å². The third kappa shape index (κ3) is 4.98. The van der Waals surface area contributed by atoms with Gasteiger partial charge in [-0.1, -0.05) is 43.3 Å². The Bertz CT molecular complexity index is 684. The number of ether oxygens (including phenoxy) is 1. The second-order valence-corrected chi connectivity index (χ2v) is 7.17. The van der Waals surface area contributed by atoms with Gasteiger partial charge in [0.15, 0.2) is 0 Å². The Morgan fingerprint density at radius 2 is 1.88 bits per heavy atom. The minimum absolute atomic E-state index is 0.724. The predicted molar refractivity (Wildman–Crippen MR) is 106 cm³/mol. The van der Waals surface area contributed by atoms with Crippen molar-refractivity contribution in [2.75, 3.05) is 6.61 Å². The zero-order valence-electron chi connectivity index (χ0n) is 15.5. The first-order valence-corrected chi connectivity index (χ1v) is 9.71. The van der Waals surface area contributed by atoms with Crippen LogP contribution in [0.3, 0.4) is 0 Å². The molecular weight excluding hydrogens is 304 g/mol. The molecule has 1 unspecified atom stereocenters. The molecule has 1 nitrogen and oxygen atoms in total. The van der Waals surface area contributed by atoms with Gasteiger partial charge in [0.25, 0.3) is 0 Å². The third-order valence-corrected chi connectivity index (χ3v) is 5.37. The molecular formula is C24H30O. The van der Waals surface area contributed by atoms with Gasteiger partial charge in [-0.3, -0.25) is 0 Å². The molecule has 132 valence electrons. The first-order valence-electron chi connectivity index (χ1n) is 9.71. The molecule has 1 aliphatic carbocycles. The Kier molecular flexibility index (Phi) is 6.33. The van der Waals surface area contributed by atoms with E-state index in [1.54, 1.807) is 0 Å². The molecule has 0 N–H and O–H groups in total. The maximum atomic E-state index is 5.79. The third-order valence-electron chi connectivity index (χ3n) is 5.37. The number of hydrogen-bond donors (Lipinski definition) is 0. The van der Waals surface area contributed by atoms with Crippen LogP contribution >= 0.6 is 0 Å². The van der Waals surface area contributed by atoms with Crippen LogP contribution in [0.25, 0.3) is 0 Å². The van der Waals surface area contributed by atoms with Crippen LogP contribution in [0.1, 0.15) is 48.4 Å². The zero-order valence-corrected chi connectivity index (χ0v) is 15.5. The van der Waals surface area contributed by atoms with Gasteiger partial charge in [0.05, 0.1) is 6.61 Å². The lowest BCUT2D eigenvalue weighted by molar-refractivity contribution is 0.323. The van der Waals surface area contributed by atoms with Gasteiger partial charge in [-0.25, -0.2) is 0 Å². The van der Waals surface area contributed by atoms with Gasteiger partial charge in [0.2, 0.25) is 0 Å². The van der Waals surface area contributed by atoms with Crippen molar-refractivity contribution < 1.29 is 4.74 Å². The molecule has 0 saturated heterocycles. The first-order chi connectivity index (χ1) is 12.3. The van der Waals surface area contributed by atoms with E-state index in [1.165, 1.54) is 54.4 Å². The standard InChI is InChI=1S/C24H30O/c1-3-5-16-25-24-15-14-22-17-21(12-13-23(22)18-24)11-10-20-8-6-19(4-2)7-9-20/h3,6-9,14-15,18,21H,1,4-5,10-13,16-17H2,2H3. The summed E-state index contributed by atoms with van der Waals surface area (Å²) in [6.07, 6.45) is 10.1. The molecule has 0 aliphatic heterocycles. The zero-order chi connectivity index (χ0) is 17.5. The fraction of sp³-hybridized carbons (Fsp3) is 0.417. The van der Waals surface area contributed by atoms with Gasteiger partial charge in [0.1, 0.15) is 5.75 Å². The van der Waals surface area contributed by atoms with Crippen molar-refractivity contribution in [2.45, 2.75) is 51.9 Å². The normalized spacial score (nSPS) is 16.3. The molecule has 0 fully saturated rings. The molecule has 0 saturated carbocycles. The van der Waals surface area contributed by atoms with E-state index in [0.717, 1.165) is 31.1 Å². The van der Waals surface area contributed by atoms with Crippen LogP contribution in [0.4, 0.5) is 0 Å². The lowest BCUT2D eigenvalue weighted by Gasteiger charge is -2.25. The minimum Gasteiger partial charge on any atom is -0.493 e. The van der Waals surface area contributed by atoms with Crippen LogP contribution in [0.5, 0.6) is 5.75 Å². The van der Waals surface area contributed by atoms with Gasteiger partial charge in [-0.05, 0) is 85.3 Å². The van der Waals surface area contributed by atoms with Crippen molar-refractivity contribution in [3.05, 3.63) is 77.4 Å². The lowest BCUT2D eigenvalue weighted by atomic mass is 9.81. The fourth-order valence-electron chi connectivity index (χ4n) is 3.72. The Morgan fingerprint density at radius 1 is 1.08 bits per heavy atom. The second kappa shape index (κ2) is 8.89. The van der Waals surface area contributed by atoms with Crippen molar-refractivity contribution in [3.8, 4) is 5.75 Å². The van der Waals surface area contributed by atoms with Gasteiger partial charge in [-0.2, -0.15) is 0 Å². The molecule has 2 aromatic carbocycles. The number of fused-ring (bicyclic) bond motifs is 1. The van der Waals surface area contributed by atoms with Gasteiger partial charge >= 0.3 is 0 Å². The highest BCUT2D eigenvalue weighted by Crippen LogP contribution is 2.31. The largest absolute Gasteiger partial charge is 0.493 e. The van der Waals surface area contributed by atoms with E-state index in [9.17, 15) is 0 Å². The van der Waals surface area contributed by atoms with Crippen molar-refractivity contribution in [2.24, 2.45) is 5.92 Å². The lowest BCUT2D eigenvalue weighted by Crippen LogP contribution is -2.15. The summed E-state index contributed by atoms with van der Waals surface area (Å²) in [6.45, 7) is 6.67. The van der Waals surface area contributed by atoms with Crippen LogP contribution in [0.2, 0.25) is 0 Å². The second-order valence-electron chi connectivity index (χ2n) is 7.17. The quantitative estimate of drug-likeness (QED) is 0.429. The summed E-state index contributed by atoms with van der Waals surface area (Å²) in [5, 5.41) is 0. The molecule has 1 heteroatoms. The summed E-state index contributed by atoms with van der Waals surface area (Å²) in [6, 6.07) is 15.8. The molecule has 2 aromatic rings. The van der Waals surface area contributed by atoms with E-state index in [0.29, 0.717) is 0 Å². The van der Waals surface area contributed by atoms with E-state index >= 15 is 0 Å². The smallest absolute Gasteiger partial charge is 0.119 e. The van der Waals surface area contributed by atoms with Crippen molar-refractivity contribution in [1.82, 2.24) is 0 Å². The minimum atomic E-state index is 0.724. The first kappa shape index (κ1) is 17.8. The maximum Gasteiger partial charge on any atom is 0.119 e. The van der Waals surface area contributed by atoms with E-state index in [1.807, 2.05) is 6.08 Å².